The van der Waals surface area contributed by atoms with Gasteiger partial charge >= 0.3 is 6.18 Å². The Balaban J connectivity index is 0.936. The fraction of sp³-hybridized carbons (Fsp3) is 0.383. The molecule has 2 fully saturated rings. The summed E-state index contributed by atoms with van der Waals surface area (Å²) in [4.78, 5) is 62.3. The van der Waals surface area contributed by atoms with E-state index in [0.717, 1.165) is 23.4 Å². The molecule has 10 rings (SSSR count). The van der Waals surface area contributed by atoms with Gasteiger partial charge in [0.2, 0.25) is 5.95 Å². The van der Waals surface area contributed by atoms with Gasteiger partial charge in [0.15, 0.2) is 11.0 Å². The van der Waals surface area contributed by atoms with Crippen molar-refractivity contribution < 1.29 is 27.0 Å². The molecule has 9 heterocycles. The zero-order valence-electron chi connectivity index (χ0n) is 38.7. The minimum Gasteiger partial charge on any atom is -0.373 e. The molecule has 0 unspecified atom stereocenters. The Hall–Kier alpha value is -7.04. The highest BCUT2D eigenvalue weighted by Gasteiger charge is 2.37. The van der Waals surface area contributed by atoms with E-state index >= 15 is 4.39 Å². The van der Waals surface area contributed by atoms with E-state index < -0.39 is 46.6 Å². The van der Waals surface area contributed by atoms with Crippen LogP contribution in [0.2, 0.25) is 5.02 Å². The summed E-state index contributed by atoms with van der Waals surface area (Å²) in [5, 5.41) is 9.11. The normalized spacial score (nSPS) is 18.6. The minimum atomic E-state index is -4.64. The van der Waals surface area contributed by atoms with Gasteiger partial charge in [-0.1, -0.05) is 11.6 Å². The van der Waals surface area contributed by atoms with Crippen LogP contribution >= 0.6 is 11.6 Å². The van der Waals surface area contributed by atoms with Crippen molar-refractivity contribution in [2.45, 2.75) is 83.5 Å². The number of aromatic nitrogens is 13. The molecule has 7 aromatic heterocycles. The molecular weight excluding hydrogens is 936 g/mol. The maximum absolute atomic E-state index is 15.7. The number of benzene rings is 1. The zero-order valence-corrected chi connectivity index (χ0v) is 39.5. The summed E-state index contributed by atoms with van der Waals surface area (Å²) >= 11 is 6.16. The van der Waals surface area contributed by atoms with Gasteiger partial charge in [-0.15, -0.1) is 0 Å². The van der Waals surface area contributed by atoms with Gasteiger partial charge in [-0.3, -0.25) is 33.1 Å². The third-order valence-electron chi connectivity index (χ3n) is 12.7. The molecule has 2 aliphatic rings. The predicted molar refractivity (Wildman–Crippen MR) is 248 cm³/mol. The van der Waals surface area contributed by atoms with E-state index in [1.165, 1.54) is 27.3 Å². The molecule has 0 aliphatic carbocycles. The third kappa shape index (κ3) is 8.90. The molecule has 1 aromatic carbocycles. The van der Waals surface area contributed by atoms with E-state index in [2.05, 4.69) is 20.2 Å². The van der Waals surface area contributed by atoms with Crippen LogP contribution in [0, 0.1) is 19.7 Å². The number of fused-ring (bicyclic) bond motifs is 2. The fourth-order valence-electron chi connectivity index (χ4n) is 9.07. The topological polar surface area (TPSA) is 192 Å². The second-order valence-electron chi connectivity index (χ2n) is 18.2. The second kappa shape index (κ2) is 17.7. The molecule has 0 bridgehead atoms. The molecule has 0 amide bonds. The standard InChI is InChI=1S/C47H45ClF4N14O4/c1-24-56-38-36(27-7-10-35(53-17-27)47(50,51)52)58-42(59-40(38)43(67)63(24)6)26-11-14-69-33(15-26)29-19-55-65(21-29)12-13-66-25(2)57-39-37(31-9-8-30(48)16-32(31)49)60-45(61-41(39)44(66)68)64-22-34(70-46(3,4)23-64)28-18-54-62(5)20-28/h7-10,16-21,26,33-34H,11-15,22-23H2,1-6H3/t26-,33+,34-/m0/s1. The quantitative estimate of drug-likeness (QED) is 0.134. The van der Waals surface area contributed by atoms with E-state index in [9.17, 15) is 22.8 Å². The lowest BCUT2D eigenvalue weighted by Gasteiger charge is -2.42. The lowest BCUT2D eigenvalue weighted by molar-refractivity contribution is -0.141. The van der Waals surface area contributed by atoms with Gasteiger partial charge in [0.25, 0.3) is 11.1 Å². The van der Waals surface area contributed by atoms with Gasteiger partial charge in [-0.25, -0.2) is 34.3 Å². The molecule has 8 aromatic rings. The number of aryl methyl sites for hydroxylation is 4. The van der Waals surface area contributed by atoms with Crippen LogP contribution < -0.4 is 16.0 Å². The van der Waals surface area contributed by atoms with Crippen molar-refractivity contribution in [1.82, 2.24) is 63.6 Å². The van der Waals surface area contributed by atoms with Gasteiger partial charge in [-0.05, 0) is 70.9 Å². The maximum Gasteiger partial charge on any atom is 0.433 e. The number of hydrogen-bond donors (Lipinski definition) is 0. The van der Waals surface area contributed by atoms with Crippen molar-refractivity contribution in [1.29, 1.82) is 0 Å². The highest BCUT2D eigenvalue weighted by atomic mass is 35.5. The Morgan fingerprint density at radius 2 is 1.56 bits per heavy atom. The third-order valence-corrected chi connectivity index (χ3v) is 12.9. The van der Waals surface area contributed by atoms with E-state index in [-0.39, 0.29) is 74.6 Å². The number of ether oxygens (including phenoxy) is 2. The average Bonchev–Trinajstić information content (AvgIpc) is 3.99. The second-order valence-corrected chi connectivity index (χ2v) is 18.6. The highest BCUT2D eigenvalue weighted by Crippen LogP contribution is 2.39. The van der Waals surface area contributed by atoms with Gasteiger partial charge in [-0.2, -0.15) is 23.4 Å². The van der Waals surface area contributed by atoms with Crippen molar-refractivity contribution in [3.63, 3.8) is 0 Å². The van der Waals surface area contributed by atoms with Crippen LogP contribution in [-0.4, -0.2) is 88.9 Å². The highest BCUT2D eigenvalue weighted by molar-refractivity contribution is 6.30. The largest absolute Gasteiger partial charge is 0.433 e. The fourth-order valence-corrected chi connectivity index (χ4v) is 9.23. The summed E-state index contributed by atoms with van der Waals surface area (Å²) in [7, 11) is 3.39. The van der Waals surface area contributed by atoms with Crippen LogP contribution in [0.3, 0.4) is 0 Å². The average molecular weight is 981 g/mol. The maximum atomic E-state index is 15.7. The molecule has 18 nitrogen and oxygen atoms in total. The van der Waals surface area contributed by atoms with Crippen LogP contribution in [0.4, 0.5) is 23.5 Å². The molecule has 2 aliphatic heterocycles. The molecule has 0 N–H and O–H groups in total. The van der Waals surface area contributed by atoms with Crippen molar-refractivity contribution >= 4 is 39.6 Å². The summed E-state index contributed by atoms with van der Waals surface area (Å²) in [5.41, 5.74) is 0.0265. The first-order valence-corrected chi connectivity index (χ1v) is 22.8. The first kappa shape index (κ1) is 46.7. The number of pyridine rings is 1. The summed E-state index contributed by atoms with van der Waals surface area (Å²) in [6, 6.07) is 6.37. The molecule has 3 atom stereocenters. The molecule has 2 saturated heterocycles. The van der Waals surface area contributed by atoms with Crippen molar-refractivity contribution in [2.24, 2.45) is 14.1 Å². The lowest BCUT2D eigenvalue weighted by Crippen LogP contribution is -2.50. The number of rotatable bonds is 9. The first-order valence-electron chi connectivity index (χ1n) is 22.4. The van der Waals surface area contributed by atoms with Crippen LogP contribution in [-0.2, 0) is 42.8 Å². The first-order chi connectivity index (χ1) is 33.3. The SMILES string of the molecule is Cc1nc2c(-c3ccc(C(F)(F)F)nc3)nc([C@H]3CCO[C@@H](c4cnn(CCn5c(C)nc6c(-c7ccc(Cl)cc7F)nc(N7C[C@@H](c8cnn(C)c8)OC(C)(C)C7)nc6c5=O)c4)C3)nc2c(=O)n1C. The number of nitrogens with zero attached hydrogens (tertiary/aromatic N) is 14. The van der Waals surface area contributed by atoms with E-state index in [1.54, 1.807) is 48.7 Å². The summed E-state index contributed by atoms with van der Waals surface area (Å²) in [6.45, 7) is 8.64. The summed E-state index contributed by atoms with van der Waals surface area (Å²) < 4.78 is 74.9. The lowest BCUT2D eigenvalue weighted by atomic mass is 9.92. The molecule has 362 valence electrons. The molecular formula is C47H45ClF4N14O4. The van der Waals surface area contributed by atoms with Crippen LogP contribution in [0.5, 0.6) is 0 Å². The summed E-state index contributed by atoms with van der Waals surface area (Å²) in [6.07, 6.45) is 3.59. The van der Waals surface area contributed by atoms with Crippen molar-refractivity contribution in [3.8, 4) is 22.5 Å². The van der Waals surface area contributed by atoms with Gasteiger partial charge in [0.1, 0.15) is 57.5 Å². The Labute approximate surface area is 401 Å². The zero-order chi connectivity index (χ0) is 49.4. The number of hydrogen-bond acceptors (Lipinski definition) is 14. The van der Waals surface area contributed by atoms with Crippen LogP contribution in [0.25, 0.3) is 44.6 Å². The van der Waals surface area contributed by atoms with Gasteiger partial charge in [0.05, 0.1) is 37.2 Å². The minimum absolute atomic E-state index is 0.00222. The van der Waals surface area contributed by atoms with Crippen molar-refractivity contribution in [2.75, 3.05) is 24.6 Å². The van der Waals surface area contributed by atoms with E-state index in [0.29, 0.717) is 50.0 Å². The van der Waals surface area contributed by atoms with Crippen LogP contribution in [0.1, 0.15) is 79.1 Å². The van der Waals surface area contributed by atoms with Gasteiger partial charge < -0.3 is 14.4 Å². The number of alkyl halides is 3. The van der Waals surface area contributed by atoms with E-state index in [1.807, 2.05) is 38.2 Å². The molecule has 0 saturated carbocycles. The molecule has 0 radical (unpaired) electrons. The monoisotopic (exact) mass is 980 g/mol. The Bertz CT molecular complexity index is 3460. The molecule has 23 heteroatoms. The Morgan fingerprint density at radius 1 is 0.814 bits per heavy atom. The predicted octanol–water partition coefficient (Wildman–Crippen LogP) is 7.00. The Kier molecular flexibility index (Phi) is 11.8. The van der Waals surface area contributed by atoms with E-state index in [4.69, 9.17) is 46.0 Å². The smallest absolute Gasteiger partial charge is 0.373 e. The van der Waals surface area contributed by atoms with Gasteiger partial charge in [0, 0.05) is 85.6 Å². The Morgan fingerprint density at radius 3 is 2.29 bits per heavy atom. The number of anilines is 1. The molecule has 70 heavy (non-hydrogen) atoms. The molecule has 0 spiro atoms. The number of morpholine rings is 1. The van der Waals surface area contributed by atoms with Crippen molar-refractivity contribution in [3.05, 3.63) is 127 Å². The summed E-state index contributed by atoms with van der Waals surface area (Å²) in [5.74, 6) is 0.303. The van der Waals surface area contributed by atoms with Crippen LogP contribution in [0.15, 0.2) is 70.9 Å². The number of halogens is 5.